The van der Waals surface area contributed by atoms with Crippen LogP contribution in [-0.4, -0.2) is 32.6 Å². The fourth-order valence-electron chi connectivity index (χ4n) is 1.99. The van der Waals surface area contributed by atoms with Crippen molar-refractivity contribution < 1.29 is 18.1 Å². The van der Waals surface area contributed by atoms with E-state index in [2.05, 4.69) is 4.72 Å². The van der Waals surface area contributed by atoms with Gasteiger partial charge in [-0.15, -0.1) is 0 Å². The summed E-state index contributed by atoms with van der Waals surface area (Å²) in [6, 6.07) is 3.47. The first-order valence-electron chi connectivity index (χ1n) is 6.05. The average Bonchev–Trinajstić information content (AvgIpc) is 2.89. The molecule has 0 aliphatic carbocycles. The van der Waals surface area contributed by atoms with Crippen LogP contribution in [0, 0.1) is 10.1 Å². The number of ether oxygens (including phenoxy) is 1. The normalized spacial score (nSPS) is 19.1. The lowest BCUT2D eigenvalue weighted by Gasteiger charge is -2.11. The van der Waals surface area contributed by atoms with E-state index in [1.807, 2.05) is 0 Å². The van der Waals surface area contributed by atoms with Crippen molar-refractivity contribution in [3.63, 3.8) is 0 Å². The Balaban J connectivity index is 2.22. The molecule has 9 heteroatoms. The van der Waals surface area contributed by atoms with Crippen LogP contribution in [-0.2, 0) is 14.8 Å². The highest BCUT2D eigenvalue weighted by atomic mass is 32.2. The molecule has 8 nitrogen and oxygen atoms in total. The van der Waals surface area contributed by atoms with E-state index in [0.717, 1.165) is 25.0 Å². The summed E-state index contributed by atoms with van der Waals surface area (Å²) in [6.45, 7) is 0.707. The Hall–Kier alpha value is -1.71. The number of hydrogen-bond acceptors (Lipinski definition) is 6. The van der Waals surface area contributed by atoms with Crippen LogP contribution in [0.15, 0.2) is 23.1 Å². The van der Waals surface area contributed by atoms with Gasteiger partial charge in [0.1, 0.15) is 0 Å². The molecule has 1 atom stereocenters. The molecule has 110 valence electrons. The molecule has 0 amide bonds. The molecule has 3 N–H and O–H groups in total. The second-order valence-corrected chi connectivity index (χ2v) is 6.21. The fraction of sp³-hybridized carbons (Fsp3) is 0.455. The summed E-state index contributed by atoms with van der Waals surface area (Å²) in [4.78, 5) is 9.75. The van der Waals surface area contributed by atoms with E-state index in [9.17, 15) is 18.5 Å². The molecule has 1 unspecified atom stereocenters. The molecule has 0 aromatic heterocycles. The van der Waals surface area contributed by atoms with Gasteiger partial charge in [0.05, 0.1) is 11.0 Å². The van der Waals surface area contributed by atoms with Gasteiger partial charge in [-0.05, 0) is 25.0 Å². The Morgan fingerprint density at radius 3 is 2.85 bits per heavy atom. The van der Waals surface area contributed by atoms with Crippen LogP contribution in [0.4, 0.5) is 11.4 Å². The first-order valence-corrected chi connectivity index (χ1v) is 7.53. The van der Waals surface area contributed by atoms with Crippen molar-refractivity contribution in [2.75, 3.05) is 18.9 Å². The lowest BCUT2D eigenvalue weighted by atomic mass is 10.2. The molecule has 0 bridgehead atoms. The molecule has 0 radical (unpaired) electrons. The maximum atomic E-state index is 12.1. The van der Waals surface area contributed by atoms with Crippen molar-refractivity contribution in [1.82, 2.24) is 4.72 Å². The fourth-order valence-corrected chi connectivity index (χ4v) is 3.21. The van der Waals surface area contributed by atoms with E-state index < -0.39 is 25.5 Å². The third-order valence-electron chi connectivity index (χ3n) is 2.99. The van der Waals surface area contributed by atoms with Crippen LogP contribution < -0.4 is 10.5 Å². The number of benzene rings is 1. The molecule has 1 fully saturated rings. The second kappa shape index (κ2) is 5.73. The summed E-state index contributed by atoms with van der Waals surface area (Å²) < 4.78 is 31.9. The minimum atomic E-state index is -3.97. The molecule has 1 saturated heterocycles. The summed E-state index contributed by atoms with van der Waals surface area (Å²) in [7, 11) is -3.97. The second-order valence-electron chi connectivity index (χ2n) is 4.47. The van der Waals surface area contributed by atoms with Crippen LogP contribution in [0.2, 0.25) is 0 Å². The Bertz CT molecular complexity index is 610. The van der Waals surface area contributed by atoms with Crippen molar-refractivity contribution in [3.05, 3.63) is 28.3 Å². The summed E-state index contributed by atoms with van der Waals surface area (Å²) in [5.74, 6) is 0. The van der Waals surface area contributed by atoms with Gasteiger partial charge in [-0.1, -0.05) is 0 Å². The lowest BCUT2D eigenvalue weighted by molar-refractivity contribution is -0.387. The van der Waals surface area contributed by atoms with Gasteiger partial charge in [0.2, 0.25) is 10.0 Å². The zero-order valence-electron chi connectivity index (χ0n) is 10.6. The van der Waals surface area contributed by atoms with Gasteiger partial charge in [0, 0.05) is 24.9 Å². The number of nitrogens with zero attached hydrogens (tertiary/aromatic N) is 1. The van der Waals surface area contributed by atoms with Crippen molar-refractivity contribution in [3.8, 4) is 0 Å². The van der Waals surface area contributed by atoms with E-state index in [0.29, 0.717) is 6.61 Å². The van der Waals surface area contributed by atoms with Gasteiger partial charge in [0.15, 0.2) is 4.90 Å². The summed E-state index contributed by atoms with van der Waals surface area (Å²) >= 11 is 0. The Kier molecular flexibility index (Phi) is 4.21. The molecular formula is C11H15N3O5S. The van der Waals surface area contributed by atoms with Crippen molar-refractivity contribution >= 4 is 21.4 Å². The summed E-state index contributed by atoms with van der Waals surface area (Å²) in [5, 5.41) is 10.9. The van der Waals surface area contributed by atoms with E-state index in [1.165, 1.54) is 6.07 Å². The number of nitrogens with two attached hydrogens (primary N) is 1. The van der Waals surface area contributed by atoms with Crippen LogP contribution >= 0.6 is 0 Å². The van der Waals surface area contributed by atoms with Crippen molar-refractivity contribution in [2.45, 2.75) is 23.8 Å². The smallest absolute Gasteiger partial charge is 0.291 e. The van der Waals surface area contributed by atoms with Gasteiger partial charge < -0.3 is 10.5 Å². The molecule has 2 rings (SSSR count). The molecule has 1 heterocycles. The number of anilines is 1. The number of nitrogen functional groups attached to an aromatic ring is 1. The number of hydrogen-bond donors (Lipinski definition) is 2. The van der Waals surface area contributed by atoms with Crippen molar-refractivity contribution in [2.24, 2.45) is 0 Å². The molecule has 1 aliphatic heterocycles. The minimum absolute atomic E-state index is 0.101. The molecule has 20 heavy (non-hydrogen) atoms. The predicted molar refractivity (Wildman–Crippen MR) is 71.7 cm³/mol. The summed E-state index contributed by atoms with van der Waals surface area (Å²) in [6.07, 6.45) is 1.47. The number of rotatable bonds is 5. The van der Waals surface area contributed by atoms with Gasteiger partial charge in [-0.25, -0.2) is 13.1 Å². The van der Waals surface area contributed by atoms with Gasteiger partial charge >= 0.3 is 0 Å². The highest BCUT2D eigenvalue weighted by Gasteiger charge is 2.27. The molecule has 1 aliphatic rings. The number of nitro benzene ring substituents is 1. The minimum Gasteiger partial charge on any atom is -0.399 e. The highest BCUT2D eigenvalue weighted by Crippen LogP contribution is 2.26. The molecule has 0 spiro atoms. The van der Waals surface area contributed by atoms with Crippen LogP contribution in [0.25, 0.3) is 0 Å². The third-order valence-corrected chi connectivity index (χ3v) is 4.47. The SMILES string of the molecule is Nc1ccc(S(=O)(=O)NCC2CCCO2)c([N+](=O)[O-])c1. The largest absolute Gasteiger partial charge is 0.399 e. The topological polar surface area (TPSA) is 125 Å². The Labute approximate surface area is 116 Å². The maximum absolute atomic E-state index is 12.1. The van der Waals surface area contributed by atoms with Gasteiger partial charge in [-0.3, -0.25) is 10.1 Å². The zero-order chi connectivity index (χ0) is 14.8. The number of nitrogens with one attached hydrogen (secondary N) is 1. The van der Waals surface area contributed by atoms with E-state index in [1.54, 1.807) is 0 Å². The number of nitro groups is 1. The Morgan fingerprint density at radius 1 is 1.50 bits per heavy atom. The lowest BCUT2D eigenvalue weighted by Crippen LogP contribution is -2.32. The van der Waals surface area contributed by atoms with E-state index in [4.69, 9.17) is 10.5 Å². The highest BCUT2D eigenvalue weighted by molar-refractivity contribution is 7.89. The van der Waals surface area contributed by atoms with Crippen LogP contribution in [0.5, 0.6) is 0 Å². The average molecular weight is 301 g/mol. The standard InChI is InChI=1S/C11H15N3O5S/c12-8-3-4-11(10(6-8)14(15)16)20(17,18)13-7-9-2-1-5-19-9/h3-4,6,9,13H,1-2,5,7,12H2. The van der Waals surface area contributed by atoms with Gasteiger partial charge in [-0.2, -0.15) is 0 Å². The molecule has 1 aromatic carbocycles. The van der Waals surface area contributed by atoms with Crippen LogP contribution in [0.3, 0.4) is 0 Å². The maximum Gasteiger partial charge on any atom is 0.291 e. The Morgan fingerprint density at radius 2 is 2.25 bits per heavy atom. The third kappa shape index (κ3) is 3.24. The van der Waals surface area contributed by atoms with Gasteiger partial charge in [0.25, 0.3) is 5.69 Å². The summed E-state index contributed by atoms with van der Waals surface area (Å²) in [5.41, 5.74) is 5.04. The molecule has 0 saturated carbocycles. The molecule has 1 aromatic rings. The monoisotopic (exact) mass is 301 g/mol. The van der Waals surface area contributed by atoms with Crippen molar-refractivity contribution in [1.29, 1.82) is 0 Å². The first-order chi connectivity index (χ1) is 9.40. The first kappa shape index (κ1) is 14.7. The van der Waals surface area contributed by atoms with E-state index >= 15 is 0 Å². The predicted octanol–water partition coefficient (Wildman–Crippen LogP) is 0.634. The van der Waals surface area contributed by atoms with Crippen LogP contribution in [0.1, 0.15) is 12.8 Å². The molecular weight excluding hydrogens is 286 g/mol. The zero-order valence-corrected chi connectivity index (χ0v) is 11.4. The van der Waals surface area contributed by atoms with E-state index in [-0.39, 0.29) is 18.3 Å². The quantitative estimate of drug-likeness (QED) is 0.467. The number of sulfonamides is 1.